The molecule has 0 saturated heterocycles. The van der Waals surface area contributed by atoms with Crippen molar-refractivity contribution in [3.05, 3.63) is 82.9 Å². The van der Waals surface area contributed by atoms with Gasteiger partial charge in [-0.3, -0.25) is 9.78 Å². The number of nitrogens with one attached hydrogen (secondary N) is 1. The third-order valence-electron chi connectivity index (χ3n) is 4.72. The number of amides is 1. The van der Waals surface area contributed by atoms with Crippen LogP contribution in [0.4, 0.5) is 10.2 Å². The maximum Gasteiger partial charge on any atom is 0.257 e. The lowest BCUT2D eigenvalue weighted by Gasteiger charge is -2.08. The largest absolute Gasteiger partial charge is 0.307 e. The quantitative estimate of drug-likeness (QED) is 0.463. The molecule has 0 radical (unpaired) electrons. The van der Waals surface area contributed by atoms with Crippen molar-refractivity contribution >= 4 is 23.1 Å². The molecule has 150 valence electrons. The molecule has 1 aromatic carbocycles. The Labute approximate surface area is 177 Å². The average molecular weight is 418 g/mol. The molecule has 0 bridgehead atoms. The van der Waals surface area contributed by atoms with Gasteiger partial charge in [-0.1, -0.05) is 13.0 Å². The van der Waals surface area contributed by atoms with Gasteiger partial charge in [-0.2, -0.15) is 0 Å². The second-order valence-corrected chi connectivity index (χ2v) is 7.77. The van der Waals surface area contributed by atoms with Gasteiger partial charge in [-0.25, -0.2) is 14.4 Å². The van der Waals surface area contributed by atoms with Crippen LogP contribution in [0.5, 0.6) is 0 Å². The number of pyridine rings is 2. The van der Waals surface area contributed by atoms with Crippen LogP contribution in [0.1, 0.15) is 27.7 Å². The number of hydrogen-bond donors (Lipinski definition) is 1. The third-order valence-corrected chi connectivity index (χ3v) is 5.97. The number of hydrogen-bond acceptors (Lipinski definition) is 5. The normalized spacial score (nSPS) is 10.8. The lowest BCUT2D eigenvalue weighted by molar-refractivity contribution is 0.102. The van der Waals surface area contributed by atoms with Crippen LogP contribution in [-0.4, -0.2) is 20.9 Å². The van der Waals surface area contributed by atoms with E-state index in [1.165, 1.54) is 12.1 Å². The molecule has 5 nitrogen and oxygen atoms in total. The predicted molar refractivity (Wildman–Crippen MR) is 117 cm³/mol. The van der Waals surface area contributed by atoms with E-state index in [1.54, 1.807) is 49.0 Å². The molecule has 4 rings (SSSR count). The molecule has 7 heteroatoms. The number of carbonyl (C=O) groups excluding carboxylic acids is 1. The second-order valence-electron chi connectivity index (χ2n) is 6.68. The number of nitrogens with zero attached hydrogens (tertiary/aromatic N) is 3. The predicted octanol–water partition coefficient (Wildman–Crippen LogP) is 5.53. The van der Waals surface area contributed by atoms with Crippen molar-refractivity contribution < 1.29 is 9.18 Å². The number of benzene rings is 1. The van der Waals surface area contributed by atoms with Gasteiger partial charge in [0, 0.05) is 40.2 Å². The van der Waals surface area contributed by atoms with E-state index in [-0.39, 0.29) is 5.56 Å². The molecule has 3 aromatic heterocycles. The monoisotopic (exact) mass is 418 g/mol. The van der Waals surface area contributed by atoms with Gasteiger partial charge in [0.2, 0.25) is 0 Å². The smallest absolute Gasteiger partial charge is 0.257 e. The molecule has 0 aliphatic heterocycles. The van der Waals surface area contributed by atoms with E-state index in [9.17, 15) is 9.18 Å². The maximum absolute atomic E-state index is 13.7. The zero-order valence-corrected chi connectivity index (χ0v) is 17.3. The van der Waals surface area contributed by atoms with E-state index < -0.39 is 11.7 Å². The van der Waals surface area contributed by atoms with Crippen LogP contribution in [0.15, 0.2) is 61.1 Å². The Bertz CT molecular complexity index is 1190. The molecular formula is C23H19FN4OS. The first-order valence-electron chi connectivity index (χ1n) is 9.49. The molecular weight excluding hydrogens is 399 g/mol. The van der Waals surface area contributed by atoms with Crippen molar-refractivity contribution in [3.63, 3.8) is 0 Å². The van der Waals surface area contributed by atoms with Gasteiger partial charge in [0.15, 0.2) is 0 Å². The Morgan fingerprint density at radius 3 is 2.67 bits per heavy atom. The van der Waals surface area contributed by atoms with Crippen molar-refractivity contribution in [3.8, 4) is 21.8 Å². The molecule has 0 aliphatic carbocycles. The SMILES string of the molecule is CCc1sc(-c2cccnc2)nc1-c1ccc(NC(=O)c2cccc(F)c2C)nc1. The molecule has 0 unspecified atom stereocenters. The lowest BCUT2D eigenvalue weighted by atomic mass is 10.1. The van der Waals surface area contributed by atoms with Crippen molar-refractivity contribution in [2.75, 3.05) is 5.32 Å². The van der Waals surface area contributed by atoms with Crippen molar-refractivity contribution in [2.24, 2.45) is 0 Å². The summed E-state index contributed by atoms with van der Waals surface area (Å²) in [6.45, 7) is 3.67. The van der Waals surface area contributed by atoms with Crippen LogP contribution in [-0.2, 0) is 6.42 Å². The Morgan fingerprint density at radius 1 is 1.10 bits per heavy atom. The summed E-state index contributed by atoms with van der Waals surface area (Å²) in [6, 6.07) is 11.9. The van der Waals surface area contributed by atoms with Gasteiger partial charge in [0.25, 0.3) is 5.91 Å². The van der Waals surface area contributed by atoms with Gasteiger partial charge in [0.05, 0.1) is 5.69 Å². The van der Waals surface area contributed by atoms with E-state index in [1.807, 2.05) is 18.2 Å². The average Bonchev–Trinajstić information content (AvgIpc) is 3.21. The fourth-order valence-corrected chi connectivity index (χ4v) is 4.09. The summed E-state index contributed by atoms with van der Waals surface area (Å²) in [5, 5.41) is 3.63. The fourth-order valence-electron chi connectivity index (χ4n) is 3.07. The summed E-state index contributed by atoms with van der Waals surface area (Å²) in [4.78, 5) is 26.9. The second kappa shape index (κ2) is 8.51. The van der Waals surface area contributed by atoms with E-state index in [4.69, 9.17) is 4.98 Å². The summed E-state index contributed by atoms with van der Waals surface area (Å²) < 4.78 is 13.7. The summed E-state index contributed by atoms with van der Waals surface area (Å²) in [7, 11) is 0. The minimum atomic E-state index is -0.411. The van der Waals surface area contributed by atoms with Gasteiger partial charge in [-0.05, 0) is 55.3 Å². The molecule has 30 heavy (non-hydrogen) atoms. The van der Waals surface area contributed by atoms with Gasteiger partial charge >= 0.3 is 0 Å². The molecule has 1 N–H and O–H groups in total. The lowest BCUT2D eigenvalue weighted by Crippen LogP contribution is -2.14. The standard InChI is InChI=1S/C23H19FN4OS/c1-3-19-21(28-23(30-19)16-6-5-11-25-12-16)15-9-10-20(26-13-15)27-22(29)17-7-4-8-18(24)14(17)2/h4-13H,3H2,1-2H3,(H,26,27,29). The molecule has 1 amide bonds. The highest BCUT2D eigenvalue weighted by molar-refractivity contribution is 7.15. The molecule has 0 saturated carbocycles. The Hall–Kier alpha value is -3.45. The van der Waals surface area contributed by atoms with Crippen molar-refractivity contribution in [1.29, 1.82) is 0 Å². The first-order chi connectivity index (χ1) is 14.6. The highest BCUT2D eigenvalue weighted by atomic mass is 32.1. The van der Waals surface area contributed by atoms with Gasteiger partial charge < -0.3 is 5.32 Å². The molecule has 0 atom stereocenters. The number of rotatable bonds is 5. The summed E-state index contributed by atoms with van der Waals surface area (Å²) >= 11 is 1.64. The summed E-state index contributed by atoms with van der Waals surface area (Å²) in [5.74, 6) is -0.409. The van der Waals surface area contributed by atoms with Crippen LogP contribution in [0.3, 0.4) is 0 Å². The summed E-state index contributed by atoms with van der Waals surface area (Å²) in [6.07, 6.45) is 6.08. The maximum atomic E-state index is 13.7. The molecule has 4 aromatic rings. The molecule has 0 fully saturated rings. The zero-order chi connectivity index (χ0) is 21.1. The van der Waals surface area contributed by atoms with Gasteiger partial charge in [-0.15, -0.1) is 11.3 Å². The molecule has 3 heterocycles. The molecule has 0 spiro atoms. The first kappa shape index (κ1) is 19.8. The number of halogens is 1. The van der Waals surface area contributed by atoms with E-state index in [0.29, 0.717) is 11.4 Å². The first-order valence-corrected chi connectivity index (χ1v) is 10.3. The zero-order valence-electron chi connectivity index (χ0n) is 16.5. The van der Waals surface area contributed by atoms with Crippen molar-refractivity contribution in [2.45, 2.75) is 20.3 Å². The van der Waals surface area contributed by atoms with Crippen LogP contribution >= 0.6 is 11.3 Å². The van der Waals surface area contributed by atoms with Crippen LogP contribution in [0.2, 0.25) is 0 Å². The fraction of sp³-hybridized carbons (Fsp3) is 0.130. The van der Waals surface area contributed by atoms with E-state index in [0.717, 1.165) is 33.1 Å². The number of aromatic nitrogens is 3. The minimum absolute atomic E-state index is 0.287. The Balaban J connectivity index is 1.57. The number of aryl methyl sites for hydroxylation is 1. The van der Waals surface area contributed by atoms with Crippen molar-refractivity contribution in [1.82, 2.24) is 15.0 Å². The third kappa shape index (κ3) is 3.97. The van der Waals surface area contributed by atoms with Crippen LogP contribution in [0, 0.1) is 12.7 Å². The number of anilines is 1. The number of thiazole rings is 1. The highest BCUT2D eigenvalue weighted by Crippen LogP contribution is 2.34. The highest BCUT2D eigenvalue weighted by Gasteiger charge is 2.15. The Morgan fingerprint density at radius 2 is 1.97 bits per heavy atom. The van der Waals surface area contributed by atoms with Gasteiger partial charge in [0.1, 0.15) is 16.6 Å². The van der Waals surface area contributed by atoms with Crippen LogP contribution < -0.4 is 5.32 Å². The topological polar surface area (TPSA) is 67.8 Å². The summed E-state index contributed by atoms with van der Waals surface area (Å²) in [5.41, 5.74) is 3.33. The van der Waals surface area contributed by atoms with E-state index in [2.05, 4.69) is 22.2 Å². The van der Waals surface area contributed by atoms with Crippen LogP contribution in [0.25, 0.3) is 21.8 Å². The van der Waals surface area contributed by atoms with E-state index >= 15 is 0 Å². The Kier molecular flexibility index (Phi) is 5.63. The number of carbonyl (C=O) groups is 1. The minimum Gasteiger partial charge on any atom is -0.307 e. The molecule has 0 aliphatic rings.